The highest BCUT2D eigenvalue weighted by Gasteiger charge is 2.41. The van der Waals surface area contributed by atoms with Crippen molar-refractivity contribution < 1.29 is 0 Å². The van der Waals surface area contributed by atoms with Crippen LogP contribution >= 0.6 is 0 Å². The molecule has 1 aliphatic carbocycles. The molecule has 1 spiro atoms. The van der Waals surface area contributed by atoms with Crippen molar-refractivity contribution in [1.29, 1.82) is 0 Å². The van der Waals surface area contributed by atoms with E-state index in [9.17, 15) is 0 Å². The second kappa shape index (κ2) is 7.97. The van der Waals surface area contributed by atoms with Crippen molar-refractivity contribution in [3.63, 3.8) is 0 Å². The van der Waals surface area contributed by atoms with Crippen molar-refractivity contribution in [2.75, 3.05) is 26.2 Å². The van der Waals surface area contributed by atoms with E-state index in [0.29, 0.717) is 5.41 Å². The molecular formula is C20H34N6. The van der Waals surface area contributed by atoms with Crippen LogP contribution in [0.15, 0.2) is 4.99 Å². The lowest BCUT2D eigenvalue weighted by Gasteiger charge is -2.26. The largest absolute Gasteiger partial charge is 0.357 e. The van der Waals surface area contributed by atoms with Gasteiger partial charge in [0.25, 0.3) is 0 Å². The number of guanidine groups is 1. The lowest BCUT2D eigenvalue weighted by Crippen LogP contribution is -2.41. The number of fused-ring (bicyclic) bond motifs is 1. The zero-order chi connectivity index (χ0) is 17.8. The molecule has 0 bridgehead atoms. The Kier molecular flexibility index (Phi) is 5.46. The lowest BCUT2D eigenvalue weighted by atomic mass is 9.86. The van der Waals surface area contributed by atoms with Gasteiger partial charge in [-0.1, -0.05) is 19.3 Å². The van der Waals surface area contributed by atoms with Gasteiger partial charge in [0, 0.05) is 45.6 Å². The molecule has 3 aliphatic rings. The topological polar surface area (TPSA) is 58.3 Å². The molecule has 4 rings (SSSR count). The van der Waals surface area contributed by atoms with E-state index in [1.807, 2.05) is 0 Å². The van der Waals surface area contributed by atoms with E-state index in [2.05, 4.69) is 31.9 Å². The quantitative estimate of drug-likeness (QED) is 0.664. The predicted molar refractivity (Wildman–Crippen MR) is 104 cm³/mol. The molecule has 0 atom stereocenters. The molecule has 144 valence electrons. The Morgan fingerprint density at radius 2 is 1.96 bits per heavy atom. The highest BCUT2D eigenvalue weighted by molar-refractivity contribution is 5.80. The summed E-state index contributed by atoms with van der Waals surface area (Å²) < 4.78 is 2.35. The zero-order valence-electron chi connectivity index (χ0n) is 16.3. The van der Waals surface area contributed by atoms with Gasteiger partial charge in [-0.25, -0.2) is 0 Å². The average molecular weight is 359 g/mol. The van der Waals surface area contributed by atoms with E-state index in [0.717, 1.165) is 50.8 Å². The van der Waals surface area contributed by atoms with Gasteiger partial charge in [0.1, 0.15) is 11.6 Å². The molecular weight excluding hydrogens is 324 g/mol. The van der Waals surface area contributed by atoms with Gasteiger partial charge in [-0.15, -0.1) is 10.2 Å². The SMILES string of the molecule is CCNC(=NCCc1nnc2n1CCCCC2)N1CCC2(CCCC2)C1. The third kappa shape index (κ3) is 3.74. The summed E-state index contributed by atoms with van der Waals surface area (Å²) in [5, 5.41) is 12.4. The summed E-state index contributed by atoms with van der Waals surface area (Å²) in [5.41, 5.74) is 0.584. The fraction of sp³-hybridized carbons (Fsp3) is 0.850. The Hall–Kier alpha value is -1.59. The Bertz CT molecular complexity index is 628. The van der Waals surface area contributed by atoms with Crippen LogP contribution in [0.5, 0.6) is 0 Å². The normalized spacial score (nSPS) is 22.7. The second-order valence-corrected chi connectivity index (χ2v) is 8.36. The van der Waals surface area contributed by atoms with Crippen LogP contribution in [0.4, 0.5) is 0 Å². The van der Waals surface area contributed by atoms with Crippen LogP contribution in [0.2, 0.25) is 0 Å². The third-order valence-corrected chi connectivity index (χ3v) is 6.52. The molecule has 1 saturated carbocycles. The Morgan fingerprint density at radius 1 is 1.08 bits per heavy atom. The highest BCUT2D eigenvalue weighted by atomic mass is 15.3. The van der Waals surface area contributed by atoms with Crippen LogP contribution in [-0.4, -0.2) is 51.8 Å². The number of hydrogen-bond donors (Lipinski definition) is 1. The fourth-order valence-electron chi connectivity index (χ4n) is 5.07. The first-order valence-corrected chi connectivity index (χ1v) is 10.7. The van der Waals surface area contributed by atoms with Gasteiger partial charge < -0.3 is 14.8 Å². The van der Waals surface area contributed by atoms with Crippen LogP contribution in [0, 0.1) is 5.41 Å². The molecule has 26 heavy (non-hydrogen) atoms. The molecule has 2 aliphatic heterocycles. The molecule has 6 nitrogen and oxygen atoms in total. The molecule has 1 aromatic rings. The number of nitrogens with zero attached hydrogens (tertiary/aromatic N) is 5. The van der Waals surface area contributed by atoms with Crippen molar-refractivity contribution in [3.8, 4) is 0 Å². The maximum atomic E-state index is 4.95. The van der Waals surface area contributed by atoms with Crippen molar-refractivity contribution in [2.24, 2.45) is 10.4 Å². The third-order valence-electron chi connectivity index (χ3n) is 6.52. The first-order valence-electron chi connectivity index (χ1n) is 10.7. The van der Waals surface area contributed by atoms with Crippen molar-refractivity contribution in [3.05, 3.63) is 11.6 Å². The molecule has 1 aromatic heterocycles. The zero-order valence-corrected chi connectivity index (χ0v) is 16.3. The molecule has 1 saturated heterocycles. The fourth-order valence-corrected chi connectivity index (χ4v) is 5.07. The van der Waals surface area contributed by atoms with Crippen molar-refractivity contribution in [2.45, 2.75) is 77.7 Å². The summed E-state index contributed by atoms with van der Waals surface area (Å²) in [4.78, 5) is 7.45. The van der Waals surface area contributed by atoms with Gasteiger partial charge in [-0.2, -0.15) is 0 Å². The summed E-state index contributed by atoms with van der Waals surface area (Å²) in [6, 6.07) is 0. The van der Waals surface area contributed by atoms with E-state index in [-0.39, 0.29) is 0 Å². The molecule has 2 fully saturated rings. The number of hydrogen-bond acceptors (Lipinski definition) is 3. The number of aromatic nitrogens is 3. The first kappa shape index (κ1) is 17.8. The summed E-state index contributed by atoms with van der Waals surface area (Å²) in [6.45, 7) is 7.32. The van der Waals surface area contributed by atoms with Gasteiger partial charge in [0.15, 0.2) is 5.96 Å². The summed E-state index contributed by atoms with van der Waals surface area (Å²) >= 11 is 0. The van der Waals surface area contributed by atoms with Crippen LogP contribution in [-0.2, 0) is 19.4 Å². The Morgan fingerprint density at radius 3 is 2.81 bits per heavy atom. The summed E-state index contributed by atoms with van der Waals surface area (Å²) in [5.74, 6) is 3.40. The minimum atomic E-state index is 0.584. The minimum absolute atomic E-state index is 0.584. The highest BCUT2D eigenvalue weighted by Crippen LogP contribution is 2.45. The molecule has 1 N–H and O–H groups in total. The molecule has 0 amide bonds. The van der Waals surface area contributed by atoms with E-state index in [1.54, 1.807) is 0 Å². The average Bonchev–Trinajstić information content (AvgIpc) is 3.34. The Labute approximate surface area is 157 Å². The van der Waals surface area contributed by atoms with Gasteiger partial charge >= 0.3 is 0 Å². The van der Waals surface area contributed by atoms with Gasteiger partial charge in [-0.05, 0) is 44.4 Å². The van der Waals surface area contributed by atoms with Gasteiger partial charge in [0.05, 0.1) is 0 Å². The van der Waals surface area contributed by atoms with Crippen LogP contribution < -0.4 is 5.32 Å². The molecule has 0 aromatic carbocycles. The monoisotopic (exact) mass is 358 g/mol. The van der Waals surface area contributed by atoms with E-state index < -0.39 is 0 Å². The molecule has 0 unspecified atom stereocenters. The van der Waals surface area contributed by atoms with E-state index in [4.69, 9.17) is 4.99 Å². The minimum Gasteiger partial charge on any atom is -0.357 e. The number of rotatable bonds is 4. The van der Waals surface area contributed by atoms with Gasteiger partial charge in [0.2, 0.25) is 0 Å². The molecule has 6 heteroatoms. The van der Waals surface area contributed by atoms with Crippen molar-refractivity contribution >= 4 is 5.96 Å². The van der Waals surface area contributed by atoms with Crippen LogP contribution in [0.1, 0.15) is 69.9 Å². The van der Waals surface area contributed by atoms with Crippen LogP contribution in [0.25, 0.3) is 0 Å². The lowest BCUT2D eigenvalue weighted by molar-refractivity contribution is 0.309. The molecule has 3 heterocycles. The van der Waals surface area contributed by atoms with Crippen LogP contribution in [0.3, 0.4) is 0 Å². The number of likely N-dealkylation sites (tertiary alicyclic amines) is 1. The maximum Gasteiger partial charge on any atom is 0.193 e. The smallest absolute Gasteiger partial charge is 0.193 e. The second-order valence-electron chi connectivity index (χ2n) is 8.36. The standard InChI is InChI=1S/C20H34N6/c1-2-21-19(25-15-12-20(16-25)10-5-6-11-20)22-13-9-18-24-23-17-8-4-3-7-14-26(17)18/h2-16H2,1H3,(H,21,22). The van der Waals surface area contributed by atoms with E-state index >= 15 is 0 Å². The Balaban J connectivity index is 1.38. The predicted octanol–water partition coefficient (Wildman–Crippen LogP) is 2.78. The molecule has 0 radical (unpaired) electrons. The van der Waals surface area contributed by atoms with Crippen molar-refractivity contribution in [1.82, 2.24) is 25.0 Å². The van der Waals surface area contributed by atoms with E-state index in [1.165, 1.54) is 63.7 Å². The first-order chi connectivity index (χ1) is 12.8. The van der Waals surface area contributed by atoms with Gasteiger partial charge in [-0.3, -0.25) is 4.99 Å². The number of nitrogens with one attached hydrogen (secondary N) is 1. The summed E-state index contributed by atoms with van der Waals surface area (Å²) in [6.07, 6.45) is 12.8. The summed E-state index contributed by atoms with van der Waals surface area (Å²) in [7, 11) is 0. The maximum absolute atomic E-state index is 4.95. The number of aliphatic imine (C=N–C) groups is 1. The number of aryl methyl sites for hydroxylation is 1.